The Morgan fingerprint density at radius 3 is 2.49 bits per heavy atom. The molecule has 0 radical (unpaired) electrons. The van der Waals surface area contributed by atoms with E-state index in [1.807, 2.05) is 17.0 Å². The second-order valence-electron chi connectivity index (χ2n) is 9.52. The molecule has 0 aliphatic carbocycles. The van der Waals surface area contributed by atoms with E-state index in [1.54, 1.807) is 6.07 Å². The average Bonchev–Trinajstić information content (AvgIpc) is 3.16. The van der Waals surface area contributed by atoms with Gasteiger partial charge in [0, 0.05) is 25.1 Å². The first kappa shape index (κ1) is 23.9. The predicted octanol–water partition coefficient (Wildman–Crippen LogP) is 4.38. The number of nitrogens with one attached hydrogen (secondary N) is 1. The van der Waals surface area contributed by atoms with E-state index in [0.29, 0.717) is 24.4 Å². The Kier molecular flexibility index (Phi) is 6.40. The van der Waals surface area contributed by atoms with Crippen LogP contribution in [0.3, 0.4) is 0 Å². The summed E-state index contributed by atoms with van der Waals surface area (Å²) in [6, 6.07) is 11.3. The van der Waals surface area contributed by atoms with Gasteiger partial charge in [0.1, 0.15) is 11.0 Å². The number of benzene rings is 2. The van der Waals surface area contributed by atoms with Gasteiger partial charge >= 0.3 is 6.18 Å². The van der Waals surface area contributed by atoms with Crippen molar-refractivity contribution in [1.82, 2.24) is 15.1 Å². The van der Waals surface area contributed by atoms with Crippen LogP contribution in [0.5, 0.6) is 0 Å². The molecule has 2 fully saturated rings. The Hall–Kier alpha value is -2.78. The highest BCUT2D eigenvalue weighted by atomic mass is 32.1. The number of carbonyl (C=O) groups is 2. The summed E-state index contributed by atoms with van der Waals surface area (Å²) in [5, 5.41) is 2.41. The fourth-order valence-electron chi connectivity index (χ4n) is 5.43. The van der Waals surface area contributed by atoms with Crippen molar-refractivity contribution in [1.29, 1.82) is 0 Å². The Morgan fingerprint density at radius 2 is 1.77 bits per heavy atom. The van der Waals surface area contributed by atoms with Gasteiger partial charge in [-0.3, -0.25) is 19.8 Å². The number of piperidine rings is 2. The maximum Gasteiger partial charge on any atom is 0.416 e. The summed E-state index contributed by atoms with van der Waals surface area (Å²) < 4.78 is 39.3. The van der Waals surface area contributed by atoms with Crippen LogP contribution >= 0.6 is 12.2 Å². The van der Waals surface area contributed by atoms with Gasteiger partial charge in [0.25, 0.3) is 0 Å². The van der Waals surface area contributed by atoms with Crippen molar-refractivity contribution in [3.8, 4) is 0 Å². The monoisotopic (exact) mass is 501 g/mol. The molecule has 0 spiro atoms. The van der Waals surface area contributed by atoms with Crippen LogP contribution in [0, 0.1) is 0 Å². The van der Waals surface area contributed by atoms with Crippen molar-refractivity contribution in [3.63, 3.8) is 0 Å². The molecule has 2 amide bonds. The average molecular weight is 502 g/mol. The van der Waals surface area contributed by atoms with Crippen LogP contribution in [-0.2, 0) is 28.9 Å². The van der Waals surface area contributed by atoms with Gasteiger partial charge in [0.2, 0.25) is 11.8 Å². The van der Waals surface area contributed by atoms with E-state index in [2.05, 4.69) is 16.3 Å². The third-order valence-corrected chi connectivity index (χ3v) is 7.80. The summed E-state index contributed by atoms with van der Waals surface area (Å²) in [7, 11) is 0. The highest BCUT2D eigenvalue weighted by molar-refractivity contribution is 7.80. The summed E-state index contributed by atoms with van der Waals surface area (Å²) in [4.78, 5) is 28.8. The summed E-state index contributed by atoms with van der Waals surface area (Å²) in [6.45, 7) is 2.86. The third-order valence-electron chi connectivity index (χ3n) is 7.35. The maximum atomic E-state index is 13.1. The zero-order chi connectivity index (χ0) is 24.7. The van der Waals surface area contributed by atoms with Crippen molar-refractivity contribution in [3.05, 3.63) is 70.3 Å². The molecule has 2 saturated heterocycles. The molecule has 3 aliphatic rings. The second kappa shape index (κ2) is 9.35. The van der Waals surface area contributed by atoms with Crippen LogP contribution in [-0.4, -0.2) is 45.7 Å². The van der Waals surface area contributed by atoms with E-state index in [1.165, 1.54) is 12.1 Å². The molecule has 3 aliphatic heterocycles. The van der Waals surface area contributed by atoms with Crippen molar-refractivity contribution < 1.29 is 22.8 Å². The molecule has 2 aromatic carbocycles. The van der Waals surface area contributed by atoms with E-state index in [-0.39, 0.29) is 17.7 Å². The Balaban J connectivity index is 1.25. The number of likely N-dealkylation sites (tertiary alicyclic amines) is 1. The van der Waals surface area contributed by atoms with Gasteiger partial charge in [-0.05, 0) is 61.0 Å². The lowest BCUT2D eigenvalue weighted by Gasteiger charge is -2.33. The zero-order valence-corrected chi connectivity index (χ0v) is 19.9. The lowest BCUT2D eigenvalue weighted by Crippen LogP contribution is -2.52. The van der Waals surface area contributed by atoms with Crippen LogP contribution in [0.25, 0.3) is 0 Å². The molecule has 184 valence electrons. The maximum absolute atomic E-state index is 13.1. The van der Waals surface area contributed by atoms with Crippen molar-refractivity contribution in [2.45, 2.75) is 56.9 Å². The summed E-state index contributed by atoms with van der Waals surface area (Å²) in [6.07, 6.45) is -1.96. The molecule has 1 unspecified atom stereocenters. The molecule has 5 nitrogen and oxygen atoms in total. The molecule has 1 atom stereocenters. The van der Waals surface area contributed by atoms with Gasteiger partial charge in [-0.15, -0.1) is 0 Å². The van der Waals surface area contributed by atoms with Crippen LogP contribution in [0.1, 0.15) is 59.4 Å². The van der Waals surface area contributed by atoms with Gasteiger partial charge in [-0.2, -0.15) is 13.2 Å². The lowest BCUT2D eigenvalue weighted by molar-refractivity contribution is -0.138. The number of carbonyl (C=O) groups excluding carboxylic acids is 2. The van der Waals surface area contributed by atoms with Gasteiger partial charge in [0.15, 0.2) is 0 Å². The Bertz CT molecular complexity index is 1170. The van der Waals surface area contributed by atoms with E-state index in [9.17, 15) is 22.8 Å². The molecule has 5 rings (SSSR count). The molecular formula is C26H26F3N3O2S. The van der Waals surface area contributed by atoms with Crippen LogP contribution in [0.4, 0.5) is 13.2 Å². The molecule has 2 aromatic rings. The molecule has 3 heterocycles. The molecule has 35 heavy (non-hydrogen) atoms. The first-order valence-corrected chi connectivity index (χ1v) is 12.3. The number of alkyl halides is 3. The lowest BCUT2D eigenvalue weighted by atomic mass is 9.88. The Labute approximate surface area is 207 Å². The summed E-state index contributed by atoms with van der Waals surface area (Å²) >= 11 is 5.70. The summed E-state index contributed by atoms with van der Waals surface area (Å²) in [5.74, 6) is -0.427. The minimum atomic E-state index is -4.33. The number of thiocarbonyl (C=S) groups is 1. The largest absolute Gasteiger partial charge is 0.416 e. The zero-order valence-electron chi connectivity index (χ0n) is 19.1. The molecule has 0 bridgehead atoms. The van der Waals surface area contributed by atoms with E-state index >= 15 is 0 Å². The number of hydrogen-bond acceptors (Lipinski definition) is 4. The van der Waals surface area contributed by atoms with Gasteiger partial charge in [-0.1, -0.05) is 48.6 Å². The SMILES string of the molecule is O=C1CCC(N2Cc3c(CN4CCC(c5cccc(C(F)(F)F)c5)CC4)cccc3C2=S)C(=O)N1. The predicted molar refractivity (Wildman–Crippen MR) is 129 cm³/mol. The van der Waals surface area contributed by atoms with Crippen molar-refractivity contribution >= 4 is 29.0 Å². The molecular weight excluding hydrogens is 475 g/mol. The normalized spacial score (nSPS) is 21.9. The molecule has 0 saturated carbocycles. The van der Waals surface area contributed by atoms with Crippen molar-refractivity contribution in [2.24, 2.45) is 0 Å². The number of nitrogens with zero attached hydrogens (tertiary/aromatic N) is 2. The fourth-order valence-corrected chi connectivity index (χ4v) is 5.82. The number of fused-ring (bicyclic) bond motifs is 1. The second-order valence-corrected chi connectivity index (χ2v) is 9.90. The number of rotatable bonds is 4. The highest BCUT2D eigenvalue weighted by Crippen LogP contribution is 2.35. The first-order chi connectivity index (χ1) is 16.7. The first-order valence-electron chi connectivity index (χ1n) is 11.9. The van der Waals surface area contributed by atoms with E-state index in [4.69, 9.17) is 12.2 Å². The van der Waals surface area contributed by atoms with E-state index in [0.717, 1.165) is 60.8 Å². The number of imide groups is 1. The topological polar surface area (TPSA) is 52.7 Å². The molecule has 0 aromatic heterocycles. The van der Waals surface area contributed by atoms with Gasteiger partial charge in [-0.25, -0.2) is 0 Å². The Morgan fingerprint density at radius 1 is 1.03 bits per heavy atom. The summed E-state index contributed by atoms with van der Waals surface area (Å²) in [5.41, 5.74) is 3.39. The van der Waals surface area contributed by atoms with E-state index < -0.39 is 17.8 Å². The molecule has 1 N–H and O–H groups in total. The van der Waals surface area contributed by atoms with Gasteiger partial charge in [0.05, 0.1) is 5.56 Å². The minimum Gasteiger partial charge on any atom is -0.346 e. The van der Waals surface area contributed by atoms with Crippen LogP contribution in [0.2, 0.25) is 0 Å². The standard InChI is InChI=1S/C26H26F3N3O2S/c27-26(28,29)19-5-1-3-17(13-19)16-9-11-31(12-10-16)14-18-4-2-6-20-21(18)15-32(25(20)35)22-7-8-23(33)30-24(22)34/h1-6,13,16,22H,7-12,14-15H2,(H,30,33,34). The number of amides is 2. The van der Waals surface area contributed by atoms with Crippen LogP contribution < -0.4 is 5.32 Å². The fraction of sp³-hybridized carbons (Fsp3) is 0.423. The number of hydrogen-bond donors (Lipinski definition) is 1. The van der Waals surface area contributed by atoms with Crippen LogP contribution in [0.15, 0.2) is 42.5 Å². The quantitative estimate of drug-likeness (QED) is 0.498. The third kappa shape index (κ3) is 4.84. The molecule has 9 heteroatoms. The highest BCUT2D eigenvalue weighted by Gasteiger charge is 2.38. The van der Waals surface area contributed by atoms with Crippen molar-refractivity contribution in [2.75, 3.05) is 13.1 Å². The number of halogens is 3. The minimum absolute atomic E-state index is 0.116. The van der Waals surface area contributed by atoms with Gasteiger partial charge < -0.3 is 4.90 Å². The smallest absolute Gasteiger partial charge is 0.346 e.